The van der Waals surface area contributed by atoms with Crippen molar-refractivity contribution in [2.45, 2.75) is 0 Å². The van der Waals surface area contributed by atoms with E-state index in [1.54, 1.807) is 38.8 Å². The Labute approximate surface area is 145 Å². The molecular formula is C19H19N3O3. The lowest BCUT2D eigenvalue weighted by Crippen LogP contribution is -2.17. The van der Waals surface area contributed by atoms with Crippen molar-refractivity contribution in [3.05, 3.63) is 59.8 Å². The van der Waals surface area contributed by atoms with E-state index in [-0.39, 0.29) is 5.91 Å². The molecule has 0 atom stereocenters. The second-order valence-corrected chi connectivity index (χ2v) is 5.48. The molecule has 0 radical (unpaired) electrons. The van der Waals surface area contributed by atoms with Crippen molar-refractivity contribution in [2.24, 2.45) is 12.1 Å². The quantitative estimate of drug-likeness (QED) is 0.575. The van der Waals surface area contributed by atoms with Gasteiger partial charge in [-0.2, -0.15) is 5.10 Å². The van der Waals surface area contributed by atoms with E-state index >= 15 is 0 Å². The molecule has 0 saturated heterocycles. The lowest BCUT2D eigenvalue weighted by molar-refractivity contribution is 0.0956. The number of nitrogens with one attached hydrogen (secondary N) is 1. The first-order valence-electron chi connectivity index (χ1n) is 7.73. The standard InChI is InChI=1S/C19H19N3O3/c1-22-12-15(14-6-4-5-7-16(14)22)19(23)21-20-11-13-8-9-17(24-2)18(10-13)25-3/h4-12H,1-3H3,(H,21,23)/b20-11-. The molecule has 3 aromatic rings. The molecule has 3 rings (SSSR count). The highest BCUT2D eigenvalue weighted by Gasteiger charge is 2.12. The molecule has 0 spiro atoms. The highest BCUT2D eigenvalue weighted by atomic mass is 16.5. The van der Waals surface area contributed by atoms with Crippen molar-refractivity contribution in [3.8, 4) is 11.5 Å². The molecule has 0 aliphatic heterocycles. The van der Waals surface area contributed by atoms with E-state index in [1.165, 1.54) is 0 Å². The Kier molecular flexibility index (Phi) is 4.70. The van der Waals surface area contributed by atoms with Gasteiger partial charge in [-0.3, -0.25) is 4.79 Å². The Morgan fingerprint density at radius 2 is 1.88 bits per heavy atom. The van der Waals surface area contributed by atoms with Crippen LogP contribution in [-0.2, 0) is 7.05 Å². The minimum absolute atomic E-state index is 0.256. The number of rotatable bonds is 5. The molecule has 25 heavy (non-hydrogen) atoms. The summed E-state index contributed by atoms with van der Waals surface area (Å²) < 4.78 is 12.4. The molecule has 6 heteroatoms. The predicted molar refractivity (Wildman–Crippen MR) is 97.5 cm³/mol. The molecule has 0 saturated carbocycles. The number of hydrogen-bond acceptors (Lipinski definition) is 4. The van der Waals surface area contributed by atoms with Crippen LogP contribution >= 0.6 is 0 Å². The highest BCUT2D eigenvalue weighted by molar-refractivity contribution is 6.07. The monoisotopic (exact) mass is 337 g/mol. The predicted octanol–water partition coefficient (Wildman–Crippen LogP) is 2.96. The molecule has 0 aliphatic rings. The molecule has 0 bridgehead atoms. The fourth-order valence-electron chi connectivity index (χ4n) is 2.68. The number of hydrazone groups is 1. The third-order valence-electron chi connectivity index (χ3n) is 3.93. The van der Waals surface area contributed by atoms with Gasteiger partial charge in [0, 0.05) is 24.1 Å². The molecule has 1 aromatic heterocycles. The minimum atomic E-state index is -0.256. The number of nitrogens with zero attached hydrogens (tertiary/aromatic N) is 2. The van der Waals surface area contributed by atoms with E-state index in [1.807, 2.05) is 41.9 Å². The maximum absolute atomic E-state index is 12.4. The highest BCUT2D eigenvalue weighted by Crippen LogP contribution is 2.26. The molecule has 0 fully saturated rings. The number of ether oxygens (including phenoxy) is 2. The summed E-state index contributed by atoms with van der Waals surface area (Å²) in [5.41, 5.74) is 4.93. The van der Waals surface area contributed by atoms with Gasteiger partial charge < -0.3 is 14.0 Å². The normalized spacial score (nSPS) is 11.0. The third-order valence-corrected chi connectivity index (χ3v) is 3.93. The number of aromatic nitrogens is 1. The minimum Gasteiger partial charge on any atom is -0.493 e. The number of benzene rings is 2. The summed E-state index contributed by atoms with van der Waals surface area (Å²) in [5, 5.41) is 4.93. The summed E-state index contributed by atoms with van der Waals surface area (Å²) in [5.74, 6) is 0.986. The average Bonchev–Trinajstić information content (AvgIpc) is 2.98. The van der Waals surface area contributed by atoms with Gasteiger partial charge in [0.2, 0.25) is 0 Å². The molecule has 1 heterocycles. The van der Waals surface area contributed by atoms with E-state index in [2.05, 4.69) is 10.5 Å². The van der Waals surface area contributed by atoms with Crippen molar-refractivity contribution in [2.75, 3.05) is 14.2 Å². The molecule has 0 aliphatic carbocycles. The van der Waals surface area contributed by atoms with Gasteiger partial charge in [-0.25, -0.2) is 5.43 Å². The van der Waals surface area contributed by atoms with Crippen LogP contribution in [0.2, 0.25) is 0 Å². The lowest BCUT2D eigenvalue weighted by Gasteiger charge is -2.07. The second-order valence-electron chi connectivity index (χ2n) is 5.48. The molecule has 1 amide bonds. The third kappa shape index (κ3) is 3.33. The number of aryl methyl sites for hydroxylation is 1. The summed E-state index contributed by atoms with van der Waals surface area (Å²) in [6, 6.07) is 13.1. The van der Waals surface area contributed by atoms with Crippen molar-refractivity contribution in [3.63, 3.8) is 0 Å². The first-order valence-corrected chi connectivity index (χ1v) is 7.73. The Hall–Kier alpha value is -3.28. The van der Waals surface area contributed by atoms with Gasteiger partial charge >= 0.3 is 0 Å². The number of amides is 1. The van der Waals surface area contributed by atoms with Crippen LogP contribution in [0.25, 0.3) is 10.9 Å². The van der Waals surface area contributed by atoms with Crippen molar-refractivity contribution in [1.82, 2.24) is 9.99 Å². The Bertz CT molecular complexity index is 944. The van der Waals surface area contributed by atoms with Crippen LogP contribution in [0.1, 0.15) is 15.9 Å². The number of carbonyl (C=O) groups is 1. The Balaban J connectivity index is 1.76. The van der Waals surface area contributed by atoms with E-state index in [0.717, 1.165) is 16.5 Å². The van der Waals surface area contributed by atoms with Gasteiger partial charge in [0.1, 0.15) is 0 Å². The average molecular weight is 337 g/mol. The van der Waals surface area contributed by atoms with Crippen molar-refractivity contribution in [1.29, 1.82) is 0 Å². The van der Waals surface area contributed by atoms with Crippen molar-refractivity contribution < 1.29 is 14.3 Å². The van der Waals surface area contributed by atoms with Crippen molar-refractivity contribution >= 4 is 23.0 Å². The molecular weight excluding hydrogens is 318 g/mol. The summed E-state index contributed by atoms with van der Waals surface area (Å²) in [7, 11) is 5.06. The first-order chi connectivity index (χ1) is 12.1. The van der Waals surface area contributed by atoms with Crippen LogP contribution in [-0.4, -0.2) is 30.9 Å². The maximum Gasteiger partial charge on any atom is 0.273 e. The van der Waals surface area contributed by atoms with Crippen LogP contribution in [0.15, 0.2) is 53.8 Å². The fourth-order valence-corrected chi connectivity index (χ4v) is 2.68. The maximum atomic E-state index is 12.4. The SMILES string of the molecule is COc1ccc(/C=N\NC(=O)c2cn(C)c3ccccc23)cc1OC. The summed E-state index contributed by atoms with van der Waals surface area (Å²) >= 11 is 0. The zero-order valence-corrected chi connectivity index (χ0v) is 14.3. The molecule has 128 valence electrons. The topological polar surface area (TPSA) is 64.8 Å². The summed E-state index contributed by atoms with van der Waals surface area (Å²) in [4.78, 5) is 12.4. The fraction of sp³-hybridized carbons (Fsp3) is 0.158. The van der Waals surface area contributed by atoms with Gasteiger partial charge in [-0.1, -0.05) is 18.2 Å². The number of methoxy groups -OCH3 is 2. The zero-order valence-electron chi connectivity index (χ0n) is 14.3. The lowest BCUT2D eigenvalue weighted by atomic mass is 10.2. The van der Waals surface area contributed by atoms with Gasteiger partial charge in [0.25, 0.3) is 5.91 Å². The van der Waals surface area contributed by atoms with Gasteiger partial charge in [-0.05, 0) is 29.8 Å². The van der Waals surface area contributed by atoms with Crippen LogP contribution in [0.4, 0.5) is 0 Å². The van der Waals surface area contributed by atoms with Gasteiger partial charge in [0.15, 0.2) is 11.5 Å². The van der Waals surface area contributed by atoms with Crippen LogP contribution in [0.3, 0.4) is 0 Å². The largest absolute Gasteiger partial charge is 0.493 e. The van der Waals surface area contributed by atoms with E-state index in [4.69, 9.17) is 9.47 Å². The first kappa shape index (κ1) is 16.6. The number of carbonyl (C=O) groups excluding carboxylic acids is 1. The van der Waals surface area contributed by atoms with Crippen LogP contribution < -0.4 is 14.9 Å². The number of hydrogen-bond donors (Lipinski definition) is 1. The van der Waals surface area contributed by atoms with E-state index in [0.29, 0.717) is 17.1 Å². The smallest absolute Gasteiger partial charge is 0.273 e. The Morgan fingerprint density at radius 3 is 2.64 bits per heavy atom. The zero-order chi connectivity index (χ0) is 17.8. The molecule has 1 N–H and O–H groups in total. The van der Waals surface area contributed by atoms with Gasteiger partial charge in [0.05, 0.1) is 26.0 Å². The van der Waals surface area contributed by atoms with Crippen LogP contribution in [0, 0.1) is 0 Å². The van der Waals surface area contributed by atoms with Gasteiger partial charge in [-0.15, -0.1) is 0 Å². The molecule has 6 nitrogen and oxygen atoms in total. The Morgan fingerprint density at radius 1 is 1.12 bits per heavy atom. The van der Waals surface area contributed by atoms with Crippen LogP contribution in [0.5, 0.6) is 11.5 Å². The number of fused-ring (bicyclic) bond motifs is 1. The van der Waals surface area contributed by atoms with E-state index < -0.39 is 0 Å². The molecule has 2 aromatic carbocycles. The van der Waals surface area contributed by atoms with E-state index in [9.17, 15) is 4.79 Å². The molecule has 0 unspecified atom stereocenters. The number of para-hydroxylation sites is 1. The summed E-state index contributed by atoms with van der Waals surface area (Å²) in [6.07, 6.45) is 3.36. The second kappa shape index (κ2) is 7.09. The summed E-state index contributed by atoms with van der Waals surface area (Å²) in [6.45, 7) is 0.